The van der Waals surface area contributed by atoms with E-state index in [1.54, 1.807) is 12.1 Å². The molecule has 0 aromatic heterocycles. The minimum Gasteiger partial charge on any atom is -0.464 e. The van der Waals surface area contributed by atoms with Gasteiger partial charge in [-0.15, -0.1) is 0 Å². The van der Waals surface area contributed by atoms with Crippen LogP contribution in [0.3, 0.4) is 0 Å². The summed E-state index contributed by atoms with van der Waals surface area (Å²) in [7, 11) is -2.42. The Morgan fingerprint density at radius 2 is 2.00 bits per heavy atom. The van der Waals surface area contributed by atoms with Crippen LogP contribution in [0.1, 0.15) is 12.0 Å². The van der Waals surface area contributed by atoms with E-state index < -0.39 is 27.9 Å². The molecule has 1 heterocycles. The summed E-state index contributed by atoms with van der Waals surface area (Å²) in [5.74, 6) is -1.03. The van der Waals surface area contributed by atoms with E-state index >= 15 is 0 Å². The predicted molar refractivity (Wildman–Crippen MR) is 78.5 cm³/mol. The standard InChI is InChI=1S/C14H18N2O5S/c1-10-3-5-11(6-4-10)22(19,20)16(2)9-13(17)15-12-7-8-21-14(12)18/h3-6,12H,7-9H2,1-2H3,(H,15,17)/t12-/m1/s1. The van der Waals surface area contributed by atoms with Gasteiger partial charge in [0.15, 0.2) is 0 Å². The molecule has 8 heteroatoms. The van der Waals surface area contributed by atoms with E-state index in [-0.39, 0.29) is 18.0 Å². The van der Waals surface area contributed by atoms with Gasteiger partial charge >= 0.3 is 5.97 Å². The van der Waals surface area contributed by atoms with E-state index in [4.69, 9.17) is 4.74 Å². The average molecular weight is 326 g/mol. The monoisotopic (exact) mass is 326 g/mol. The Kier molecular flexibility index (Phi) is 4.82. The number of aryl methyl sites for hydroxylation is 1. The van der Waals surface area contributed by atoms with Gasteiger partial charge in [-0.05, 0) is 19.1 Å². The molecule has 2 rings (SSSR count). The number of hydrogen-bond donors (Lipinski definition) is 1. The molecule has 0 bridgehead atoms. The largest absolute Gasteiger partial charge is 0.464 e. The van der Waals surface area contributed by atoms with Crippen LogP contribution in [0.5, 0.6) is 0 Å². The third-order valence-corrected chi connectivity index (χ3v) is 5.18. The molecule has 1 saturated heterocycles. The van der Waals surface area contributed by atoms with Crippen LogP contribution in [-0.4, -0.2) is 50.8 Å². The predicted octanol–water partition coefficient (Wildman–Crippen LogP) is 0.0472. The number of cyclic esters (lactones) is 1. The Morgan fingerprint density at radius 3 is 2.55 bits per heavy atom. The van der Waals surface area contributed by atoms with Gasteiger partial charge in [-0.1, -0.05) is 17.7 Å². The number of esters is 1. The van der Waals surface area contributed by atoms with Gasteiger partial charge in [0.25, 0.3) is 0 Å². The zero-order valence-corrected chi connectivity index (χ0v) is 13.2. The fourth-order valence-corrected chi connectivity index (χ4v) is 3.17. The number of nitrogens with zero attached hydrogens (tertiary/aromatic N) is 1. The van der Waals surface area contributed by atoms with Crippen molar-refractivity contribution >= 4 is 21.9 Å². The molecule has 0 aliphatic carbocycles. The molecular weight excluding hydrogens is 308 g/mol. The van der Waals surface area contributed by atoms with Crippen LogP contribution in [0.2, 0.25) is 0 Å². The quantitative estimate of drug-likeness (QED) is 0.772. The second-order valence-corrected chi connectivity index (χ2v) is 7.20. The van der Waals surface area contributed by atoms with E-state index in [9.17, 15) is 18.0 Å². The first-order valence-electron chi connectivity index (χ1n) is 6.80. The van der Waals surface area contributed by atoms with Crippen molar-refractivity contribution in [3.05, 3.63) is 29.8 Å². The maximum Gasteiger partial charge on any atom is 0.328 e. The Hall–Kier alpha value is -1.93. The van der Waals surface area contributed by atoms with Gasteiger partial charge in [-0.2, -0.15) is 4.31 Å². The maximum atomic E-state index is 12.3. The summed E-state index contributed by atoms with van der Waals surface area (Å²) in [6.07, 6.45) is 0.402. The second-order valence-electron chi connectivity index (χ2n) is 5.15. The molecule has 7 nitrogen and oxygen atoms in total. The fourth-order valence-electron chi connectivity index (χ4n) is 2.04. The van der Waals surface area contributed by atoms with Gasteiger partial charge in [0.1, 0.15) is 6.04 Å². The minimum absolute atomic E-state index is 0.119. The van der Waals surface area contributed by atoms with Crippen LogP contribution in [0, 0.1) is 6.92 Å². The highest BCUT2D eigenvalue weighted by atomic mass is 32.2. The number of rotatable bonds is 5. The van der Waals surface area contributed by atoms with Crippen molar-refractivity contribution in [2.45, 2.75) is 24.3 Å². The molecule has 1 N–H and O–H groups in total. The Balaban J connectivity index is 2.01. The summed E-state index contributed by atoms with van der Waals surface area (Å²) >= 11 is 0. The normalized spacial score (nSPS) is 18.3. The lowest BCUT2D eigenvalue weighted by Gasteiger charge is -2.18. The lowest BCUT2D eigenvalue weighted by molar-refractivity contribution is -0.141. The van der Waals surface area contributed by atoms with Crippen molar-refractivity contribution in [1.82, 2.24) is 9.62 Å². The van der Waals surface area contributed by atoms with Crippen LogP contribution in [-0.2, 0) is 24.3 Å². The highest BCUT2D eigenvalue weighted by Crippen LogP contribution is 2.15. The fraction of sp³-hybridized carbons (Fsp3) is 0.429. The molecule has 22 heavy (non-hydrogen) atoms. The molecule has 0 unspecified atom stereocenters. The topological polar surface area (TPSA) is 92.8 Å². The summed E-state index contributed by atoms with van der Waals surface area (Å²) < 4.78 is 30.4. The van der Waals surface area contributed by atoms with Crippen molar-refractivity contribution in [3.8, 4) is 0 Å². The summed E-state index contributed by atoms with van der Waals surface area (Å²) in [4.78, 5) is 23.3. The lowest BCUT2D eigenvalue weighted by Crippen LogP contribution is -2.44. The van der Waals surface area contributed by atoms with Crippen molar-refractivity contribution in [3.63, 3.8) is 0 Å². The number of ether oxygens (including phenoxy) is 1. The minimum atomic E-state index is -3.74. The number of carbonyl (C=O) groups excluding carboxylic acids is 2. The molecule has 1 aromatic rings. The molecule has 1 aliphatic heterocycles. The van der Waals surface area contributed by atoms with Gasteiger partial charge in [0, 0.05) is 13.5 Å². The molecule has 1 fully saturated rings. The van der Waals surface area contributed by atoms with E-state index in [1.807, 2.05) is 6.92 Å². The van der Waals surface area contributed by atoms with Gasteiger partial charge in [0.05, 0.1) is 18.0 Å². The highest BCUT2D eigenvalue weighted by Gasteiger charge is 2.29. The molecule has 0 saturated carbocycles. The van der Waals surface area contributed by atoms with Crippen LogP contribution >= 0.6 is 0 Å². The van der Waals surface area contributed by atoms with Crippen molar-refractivity contribution in [2.24, 2.45) is 0 Å². The first kappa shape index (κ1) is 16.4. The number of sulfonamides is 1. The zero-order valence-electron chi connectivity index (χ0n) is 12.4. The second kappa shape index (κ2) is 6.45. The van der Waals surface area contributed by atoms with Crippen molar-refractivity contribution < 1.29 is 22.7 Å². The van der Waals surface area contributed by atoms with E-state index in [1.165, 1.54) is 19.2 Å². The summed E-state index contributed by atoms with van der Waals surface area (Å²) in [6.45, 7) is 1.76. The number of carbonyl (C=O) groups is 2. The molecule has 0 radical (unpaired) electrons. The molecule has 120 valence electrons. The molecule has 1 atom stereocenters. The SMILES string of the molecule is Cc1ccc(S(=O)(=O)N(C)CC(=O)N[C@@H]2CCOC2=O)cc1. The summed E-state index contributed by atoms with van der Waals surface area (Å²) in [5.41, 5.74) is 0.944. The zero-order chi connectivity index (χ0) is 16.3. The number of hydrogen-bond acceptors (Lipinski definition) is 5. The maximum absolute atomic E-state index is 12.3. The van der Waals surface area contributed by atoms with Crippen molar-refractivity contribution in [1.29, 1.82) is 0 Å². The van der Waals surface area contributed by atoms with Crippen LogP contribution in [0.4, 0.5) is 0 Å². The number of benzene rings is 1. The van der Waals surface area contributed by atoms with Gasteiger partial charge in [-0.25, -0.2) is 13.2 Å². The lowest BCUT2D eigenvalue weighted by atomic mass is 10.2. The molecular formula is C14H18N2O5S. The number of amides is 1. The van der Waals surface area contributed by atoms with Gasteiger partial charge < -0.3 is 10.1 Å². The molecule has 1 aliphatic rings. The van der Waals surface area contributed by atoms with Crippen LogP contribution in [0.15, 0.2) is 29.2 Å². The van der Waals surface area contributed by atoms with E-state index in [0.29, 0.717) is 6.42 Å². The van der Waals surface area contributed by atoms with Crippen LogP contribution < -0.4 is 5.32 Å². The smallest absolute Gasteiger partial charge is 0.328 e. The Labute approximate surface area is 129 Å². The average Bonchev–Trinajstić information content (AvgIpc) is 2.84. The summed E-state index contributed by atoms with van der Waals surface area (Å²) in [5, 5.41) is 2.47. The van der Waals surface area contributed by atoms with Crippen molar-refractivity contribution in [2.75, 3.05) is 20.2 Å². The van der Waals surface area contributed by atoms with Gasteiger partial charge in [0.2, 0.25) is 15.9 Å². The third-order valence-electron chi connectivity index (χ3n) is 3.37. The van der Waals surface area contributed by atoms with E-state index in [0.717, 1.165) is 9.87 Å². The summed E-state index contributed by atoms with van der Waals surface area (Å²) in [6, 6.07) is 5.67. The van der Waals surface area contributed by atoms with Gasteiger partial charge in [-0.3, -0.25) is 4.79 Å². The Morgan fingerprint density at radius 1 is 1.36 bits per heavy atom. The molecule has 0 spiro atoms. The number of likely N-dealkylation sites (N-methyl/N-ethyl adjacent to an activating group) is 1. The first-order valence-corrected chi connectivity index (χ1v) is 8.24. The first-order chi connectivity index (χ1) is 10.3. The van der Waals surface area contributed by atoms with Crippen LogP contribution in [0.25, 0.3) is 0 Å². The molecule has 1 amide bonds. The number of nitrogens with one attached hydrogen (secondary N) is 1. The molecule has 1 aromatic carbocycles. The Bertz CT molecular complexity index is 669. The highest BCUT2D eigenvalue weighted by molar-refractivity contribution is 7.89. The van der Waals surface area contributed by atoms with E-state index in [2.05, 4.69) is 5.32 Å². The third kappa shape index (κ3) is 3.63.